The van der Waals surface area contributed by atoms with Crippen LogP contribution in [0.5, 0.6) is 11.5 Å². The molecule has 3 atom stereocenters. The Morgan fingerprint density at radius 3 is 2.68 bits per heavy atom. The molecule has 0 aliphatic carbocycles. The third-order valence-corrected chi connectivity index (χ3v) is 6.83. The molecule has 1 saturated heterocycles. The number of carbonyl (C=O) groups is 1. The second-order valence-corrected chi connectivity index (χ2v) is 8.94. The number of phenolic OH excluding ortho intramolecular Hbond substituents is 2. The molecule has 4 rings (SSSR count). The first-order chi connectivity index (χ1) is 16.4. The molecule has 3 aromatic rings. The van der Waals surface area contributed by atoms with Gasteiger partial charge in [0, 0.05) is 55.1 Å². The summed E-state index contributed by atoms with van der Waals surface area (Å²) in [5, 5.41) is 23.9. The van der Waals surface area contributed by atoms with E-state index in [4.69, 9.17) is 0 Å². The minimum absolute atomic E-state index is 0.0257. The van der Waals surface area contributed by atoms with Crippen LogP contribution in [0.25, 0.3) is 0 Å². The van der Waals surface area contributed by atoms with Gasteiger partial charge in [-0.2, -0.15) is 0 Å². The molecular weight excluding hydrogens is 431 g/mol. The van der Waals surface area contributed by atoms with Gasteiger partial charge in [0.05, 0.1) is 0 Å². The van der Waals surface area contributed by atoms with Crippen molar-refractivity contribution in [3.05, 3.63) is 94.8 Å². The van der Waals surface area contributed by atoms with Crippen molar-refractivity contribution in [3.8, 4) is 11.5 Å². The number of phenols is 2. The normalized spacial score (nSPS) is 20.9. The fourth-order valence-electron chi connectivity index (χ4n) is 5.14. The van der Waals surface area contributed by atoms with E-state index in [0.717, 1.165) is 18.7 Å². The number of aromatic hydroxyl groups is 2. The summed E-state index contributed by atoms with van der Waals surface area (Å²) < 4.78 is 14.7. The van der Waals surface area contributed by atoms with E-state index in [1.807, 2.05) is 13.1 Å². The first kappa shape index (κ1) is 23.9. The molecule has 0 spiro atoms. The first-order valence-electron chi connectivity index (χ1n) is 11.6. The van der Waals surface area contributed by atoms with Gasteiger partial charge in [-0.15, -0.1) is 0 Å². The number of likely N-dealkylation sites (tertiary alicyclic amines) is 1. The average Bonchev–Trinajstić information content (AvgIpc) is 2.84. The number of carbonyl (C=O) groups excluding carboxylic acids is 1. The molecule has 6 heteroatoms. The molecule has 5 nitrogen and oxygen atoms in total. The second kappa shape index (κ2) is 10.4. The molecule has 0 bridgehead atoms. The van der Waals surface area contributed by atoms with Crippen molar-refractivity contribution in [2.45, 2.75) is 18.8 Å². The molecule has 3 aromatic carbocycles. The van der Waals surface area contributed by atoms with Crippen LogP contribution < -0.4 is 5.32 Å². The number of ketones is 1. The summed E-state index contributed by atoms with van der Waals surface area (Å²) in [5.74, 6) is -1.45. The van der Waals surface area contributed by atoms with Crippen molar-refractivity contribution in [2.75, 3.05) is 33.2 Å². The summed E-state index contributed by atoms with van der Waals surface area (Å²) in [6.07, 6.45) is 0. The van der Waals surface area contributed by atoms with Crippen LogP contribution in [0.1, 0.15) is 38.9 Å². The number of likely N-dealkylation sites (N-methyl/N-ethyl adjacent to an activating group) is 1. The molecular formula is C28H30FN2O3. The number of piperidine rings is 1. The molecule has 1 radical (unpaired) electrons. The van der Waals surface area contributed by atoms with E-state index >= 15 is 0 Å². The number of hydrogen-bond acceptors (Lipinski definition) is 5. The predicted molar refractivity (Wildman–Crippen MR) is 130 cm³/mol. The SMILES string of the molecule is CNCCN1C[C@H](C(=O)c2cccc(O)c2)[C@H](c2cccc(F)c2C)[C@@H](c2[c]cccc2O)C1. The number of halogens is 1. The van der Waals surface area contributed by atoms with Gasteiger partial charge in [0.25, 0.3) is 0 Å². The van der Waals surface area contributed by atoms with Gasteiger partial charge in [-0.25, -0.2) is 4.39 Å². The molecule has 1 aliphatic heterocycles. The summed E-state index contributed by atoms with van der Waals surface area (Å²) in [5.41, 5.74) is 2.30. The van der Waals surface area contributed by atoms with Gasteiger partial charge in [0.15, 0.2) is 5.78 Å². The van der Waals surface area contributed by atoms with Gasteiger partial charge in [-0.05, 0) is 55.4 Å². The standard InChI is InChI=1S/C28H30FN2O3/c1-18-21(10-6-11-25(18)29)27-23(22-9-3-4-12-26(22)33)16-31(14-13-30-2)17-24(27)28(34)19-7-5-8-20(32)15-19/h3-8,10-12,15,23-24,27,30,32-33H,13-14,16-17H2,1-2H3/t23-,24+,27-/m1/s1. The summed E-state index contributed by atoms with van der Waals surface area (Å²) in [6, 6.07) is 19.6. The van der Waals surface area contributed by atoms with Crippen molar-refractivity contribution < 1.29 is 19.4 Å². The molecule has 0 unspecified atom stereocenters. The molecule has 177 valence electrons. The highest BCUT2D eigenvalue weighted by Crippen LogP contribution is 2.47. The number of rotatable bonds is 7. The van der Waals surface area contributed by atoms with Gasteiger partial charge < -0.3 is 20.4 Å². The topological polar surface area (TPSA) is 72.8 Å². The Balaban J connectivity index is 1.87. The van der Waals surface area contributed by atoms with Gasteiger partial charge in [-0.1, -0.05) is 36.4 Å². The quantitative estimate of drug-likeness (QED) is 0.459. The lowest BCUT2D eigenvalue weighted by molar-refractivity contribution is 0.0739. The van der Waals surface area contributed by atoms with E-state index in [1.165, 1.54) is 18.2 Å². The predicted octanol–water partition coefficient (Wildman–Crippen LogP) is 4.25. The molecule has 3 N–H and O–H groups in total. The fraction of sp³-hybridized carbons (Fsp3) is 0.321. The average molecular weight is 462 g/mol. The largest absolute Gasteiger partial charge is 0.508 e. The van der Waals surface area contributed by atoms with E-state index in [9.17, 15) is 19.4 Å². The summed E-state index contributed by atoms with van der Waals surface area (Å²) in [4.78, 5) is 16.1. The fourth-order valence-corrected chi connectivity index (χ4v) is 5.14. The van der Waals surface area contributed by atoms with Gasteiger partial charge >= 0.3 is 0 Å². The van der Waals surface area contributed by atoms with Crippen molar-refractivity contribution in [1.82, 2.24) is 10.2 Å². The van der Waals surface area contributed by atoms with Crippen LogP contribution >= 0.6 is 0 Å². The van der Waals surface area contributed by atoms with Crippen LogP contribution in [0.15, 0.2) is 60.7 Å². The number of benzene rings is 3. The Labute approximate surface area is 199 Å². The third kappa shape index (κ3) is 4.83. The Morgan fingerprint density at radius 2 is 1.94 bits per heavy atom. The second-order valence-electron chi connectivity index (χ2n) is 8.94. The number of nitrogens with zero attached hydrogens (tertiary/aromatic N) is 1. The Kier molecular flexibility index (Phi) is 7.29. The molecule has 0 amide bonds. The van der Waals surface area contributed by atoms with Crippen LogP contribution in [-0.4, -0.2) is 54.1 Å². The first-order valence-corrected chi connectivity index (χ1v) is 11.6. The monoisotopic (exact) mass is 461 g/mol. The lowest BCUT2D eigenvalue weighted by Gasteiger charge is -2.44. The highest BCUT2D eigenvalue weighted by molar-refractivity contribution is 5.99. The molecule has 1 heterocycles. The molecule has 1 fully saturated rings. The summed E-state index contributed by atoms with van der Waals surface area (Å²) in [7, 11) is 1.88. The maximum atomic E-state index is 14.7. The van der Waals surface area contributed by atoms with Crippen LogP contribution in [0, 0.1) is 24.7 Å². The van der Waals surface area contributed by atoms with E-state index in [1.54, 1.807) is 43.3 Å². The lowest BCUT2D eigenvalue weighted by Crippen LogP contribution is -2.48. The van der Waals surface area contributed by atoms with Gasteiger partial charge in [0.1, 0.15) is 17.3 Å². The van der Waals surface area contributed by atoms with Crippen LogP contribution in [-0.2, 0) is 0 Å². The maximum Gasteiger partial charge on any atom is 0.167 e. The zero-order valence-corrected chi connectivity index (χ0v) is 19.5. The van der Waals surface area contributed by atoms with Crippen LogP contribution in [0.3, 0.4) is 0 Å². The highest BCUT2D eigenvalue weighted by Gasteiger charge is 2.43. The lowest BCUT2D eigenvalue weighted by atomic mass is 9.67. The summed E-state index contributed by atoms with van der Waals surface area (Å²) >= 11 is 0. The Bertz CT molecular complexity index is 1170. The van der Waals surface area contributed by atoms with Crippen LogP contribution in [0.2, 0.25) is 0 Å². The van der Waals surface area contributed by atoms with Crippen molar-refractivity contribution in [3.63, 3.8) is 0 Å². The van der Waals surface area contributed by atoms with Gasteiger partial charge in [-0.3, -0.25) is 4.79 Å². The Morgan fingerprint density at radius 1 is 1.15 bits per heavy atom. The Hall–Kier alpha value is -3.22. The third-order valence-electron chi connectivity index (χ3n) is 6.83. The molecule has 34 heavy (non-hydrogen) atoms. The van der Waals surface area contributed by atoms with Crippen molar-refractivity contribution in [2.24, 2.45) is 5.92 Å². The van der Waals surface area contributed by atoms with E-state index < -0.39 is 5.92 Å². The highest BCUT2D eigenvalue weighted by atomic mass is 19.1. The van der Waals surface area contributed by atoms with E-state index in [2.05, 4.69) is 16.3 Å². The smallest absolute Gasteiger partial charge is 0.167 e. The minimum atomic E-state index is -0.508. The van der Waals surface area contributed by atoms with E-state index in [-0.39, 0.29) is 34.9 Å². The van der Waals surface area contributed by atoms with Crippen molar-refractivity contribution >= 4 is 5.78 Å². The summed E-state index contributed by atoms with van der Waals surface area (Å²) in [6.45, 7) is 4.29. The molecule has 0 aromatic heterocycles. The number of Topliss-reactive ketones (excluding diaryl/α,β-unsaturated/α-hetero) is 1. The zero-order valence-electron chi connectivity index (χ0n) is 19.5. The molecule has 0 saturated carbocycles. The van der Waals surface area contributed by atoms with Gasteiger partial charge in [0.2, 0.25) is 0 Å². The van der Waals surface area contributed by atoms with E-state index in [0.29, 0.717) is 29.8 Å². The molecule has 1 aliphatic rings. The zero-order chi connectivity index (χ0) is 24.2. The van der Waals surface area contributed by atoms with Crippen molar-refractivity contribution in [1.29, 1.82) is 0 Å². The number of hydrogen-bond donors (Lipinski definition) is 3. The number of nitrogens with one attached hydrogen (secondary N) is 1. The van der Waals surface area contributed by atoms with Crippen LogP contribution in [0.4, 0.5) is 4.39 Å². The minimum Gasteiger partial charge on any atom is -0.508 e. The maximum absolute atomic E-state index is 14.7.